The Morgan fingerprint density at radius 1 is 0.581 bits per heavy atom. The highest BCUT2D eigenvalue weighted by atomic mass is 32.2. The quantitative estimate of drug-likeness (QED) is 0.111. The summed E-state index contributed by atoms with van der Waals surface area (Å²) in [6.45, 7) is 18.5. The number of sulfonamides is 2. The largest absolute Gasteiger partial charge is 0.472 e. The summed E-state index contributed by atoms with van der Waals surface area (Å²) >= 11 is 0. The first kappa shape index (κ1) is 56.0. The molecule has 0 radical (unpaired) electrons. The molecule has 2 atom stereocenters. The number of H-pyrrole nitrogens is 2. The lowest BCUT2D eigenvalue weighted by Crippen LogP contribution is -2.48. The van der Waals surface area contributed by atoms with Crippen molar-refractivity contribution in [1.29, 1.82) is 0 Å². The third kappa shape index (κ3) is 12.2. The second-order valence-electron chi connectivity index (χ2n) is 18.4. The summed E-state index contributed by atoms with van der Waals surface area (Å²) in [4.78, 5) is 54.0. The lowest BCUT2D eigenvalue weighted by molar-refractivity contribution is 0.0892. The van der Waals surface area contributed by atoms with Gasteiger partial charge in [0.15, 0.2) is 11.0 Å². The van der Waals surface area contributed by atoms with Crippen molar-refractivity contribution in [3.63, 3.8) is 0 Å². The van der Waals surface area contributed by atoms with E-state index in [-0.39, 0.29) is 67.6 Å². The Kier molecular flexibility index (Phi) is 18.4. The van der Waals surface area contributed by atoms with Crippen LogP contribution in [0, 0.1) is 0 Å². The van der Waals surface area contributed by atoms with Crippen molar-refractivity contribution in [2.45, 2.75) is 89.2 Å². The number of aromatic nitrogens is 10. The monoisotopic (exact) mass is 1070 g/mol. The van der Waals surface area contributed by atoms with Gasteiger partial charge in [-0.1, -0.05) is 27.7 Å². The van der Waals surface area contributed by atoms with E-state index in [1.165, 1.54) is 33.1 Å². The zero-order valence-electron chi connectivity index (χ0n) is 44.0. The van der Waals surface area contributed by atoms with Crippen molar-refractivity contribution in [2.24, 2.45) is 14.1 Å². The van der Waals surface area contributed by atoms with Gasteiger partial charge in [0.25, 0.3) is 11.1 Å². The number of hydrogen-bond acceptors (Lipinski definition) is 18. The van der Waals surface area contributed by atoms with Gasteiger partial charge in [-0.2, -0.15) is 18.8 Å². The molecule has 2 N–H and O–H groups in total. The van der Waals surface area contributed by atoms with Crippen LogP contribution in [0.1, 0.15) is 65.8 Å². The maximum Gasteiger partial charge on any atom is 0.279 e. The van der Waals surface area contributed by atoms with E-state index in [0.29, 0.717) is 89.4 Å². The number of aromatic amines is 2. The third-order valence-corrected chi connectivity index (χ3v) is 16.6. The molecule has 2 fully saturated rings. The van der Waals surface area contributed by atoms with E-state index >= 15 is 0 Å². The van der Waals surface area contributed by atoms with E-state index in [0.717, 1.165) is 37.3 Å². The number of fused-ring (bicyclic) bond motifs is 2. The van der Waals surface area contributed by atoms with Crippen LogP contribution >= 0.6 is 0 Å². The van der Waals surface area contributed by atoms with E-state index in [4.69, 9.17) is 18.9 Å². The number of pyridine rings is 2. The molecule has 74 heavy (non-hydrogen) atoms. The fraction of sp³-hybridized carbons (Fsp3) is 0.583. The number of nitrogens with zero attached hydrogens (tertiary/aromatic N) is 12. The molecule has 2 saturated heterocycles. The summed E-state index contributed by atoms with van der Waals surface area (Å²) in [5.41, 5.74) is 2.65. The van der Waals surface area contributed by atoms with E-state index in [2.05, 4.69) is 63.7 Å². The molecule has 2 aliphatic heterocycles. The molecule has 0 spiro atoms. The molecule has 2 aliphatic rings. The Bertz CT molecular complexity index is 3040. The SMILES string of the molecule is CCCN1CCN(S(=O)(=O)c2cnc(OC(C)COC)c(-c3nc4c(CC)n(C)nc4c(=O)[nH]3)c2)CC1.CCCN1CCN(S(=O)(=O)c2cnc(OC(C)COC)c(-c3nc4c(CC)n(C)nc4c(=O)[nH]3)c2)CC1. The van der Waals surface area contributed by atoms with Crippen molar-refractivity contribution >= 4 is 42.1 Å². The topological polar surface area (TPSA) is 271 Å². The maximum atomic E-state index is 13.6. The number of piperazine rings is 2. The molecule has 8 rings (SSSR count). The van der Waals surface area contributed by atoms with Crippen LogP contribution in [0.5, 0.6) is 11.8 Å². The number of methoxy groups -OCH3 is 2. The van der Waals surface area contributed by atoms with E-state index in [9.17, 15) is 26.4 Å². The number of ether oxygens (including phenoxy) is 4. The first-order valence-electron chi connectivity index (χ1n) is 25.1. The van der Waals surface area contributed by atoms with Gasteiger partial charge < -0.3 is 38.7 Å². The minimum Gasteiger partial charge on any atom is -0.472 e. The molecule has 6 aromatic heterocycles. The second-order valence-corrected chi connectivity index (χ2v) is 22.3. The smallest absolute Gasteiger partial charge is 0.279 e. The van der Waals surface area contributed by atoms with Crippen LogP contribution in [0.2, 0.25) is 0 Å². The minimum atomic E-state index is -3.82. The van der Waals surface area contributed by atoms with Gasteiger partial charge >= 0.3 is 0 Å². The van der Waals surface area contributed by atoms with Crippen LogP contribution in [0.15, 0.2) is 43.9 Å². The highest BCUT2D eigenvalue weighted by Crippen LogP contribution is 2.33. The van der Waals surface area contributed by atoms with Crippen LogP contribution in [0.25, 0.3) is 44.8 Å². The lowest BCUT2D eigenvalue weighted by atomic mass is 10.2. The lowest BCUT2D eigenvalue weighted by Gasteiger charge is -2.33. The van der Waals surface area contributed by atoms with Gasteiger partial charge in [-0.15, -0.1) is 0 Å². The number of aryl methyl sites for hydroxylation is 4. The summed E-state index contributed by atoms with van der Waals surface area (Å²) < 4.78 is 82.7. The maximum absolute atomic E-state index is 13.6. The van der Waals surface area contributed by atoms with Gasteiger partial charge in [-0.3, -0.25) is 19.0 Å². The first-order valence-corrected chi connectivity index (χ1v) is 27.9. The first-order chi connectivity index (χ1) is 35.4. The predicted molar refractivity (Wildman–Crippen MR) is 278 cm³/mol. The predicted octanol–water partition coefficient (Wildman–Crippen LogP) is 2.82. The molecule has 404 valence electrons. The van der Waals surface area contributed by atoms with Gasteiger partial charge in [0.05, 0.1) is 48.1 Å². The zero-order valence-corrected chi connectivity index (χ0v) is 45.7. The van der Waals surface area contributed by atoms with E-state index in [1.54, 1.807) is 37.7 Å². The molecule has 0 aliphatic carbocycles. The van der Waals surface area contributed by atoms with Crippen LogP contribution < -0.4 is 20.6 Å². The Morgan fingerprint density at radius 2 is 0.946 bits per heavy atom. The summed E-state index contributed by atoms with van der Waals surface area (Å²) in [5.74, 6) is 0.635. The van der Waals surface area contributed by atoms with Crippen molar-refractivity contribution < 1.29 is 35.8 Å². The van der Waals surface area contributed by atoms with Gasteiger partial charge in [-0.25, -0.2) is 36.8 Å². The van der Waals surface area contributed by atoms with Crippen molar-refractivity contribution in [1.82, 2.24) is 67.9 Å². The highest BCUT2D eigenvalue weighted by molar-refractivity contribution is 7.89. The molecule has 0 aromatic carbocycles. The number of hydrogen-bond donors (Lipinski definition) is 2. The van der Waals surface area contributed by atoms with Crippen molar-refractivity contribution in [3.05, 3.63) is 56.6 Å². The fourth-order valence-corrected chi connectivity index (χ4v) is 12.0. The highest BCUT2D eigenvalue weighted by Gasteiger charge is 2.32. The Balaban J connectivity index is 0.000000216. The van der Waals surface area contributed by atoms with Crippen molar-refractivity contribution in [2.75, 3.05) is 92.9 Å². The van der Waals surface area contributed by atoms with Crippen LogP contribution in [0.3, 0.4) is 0 Å². The molecule has 0 saturated carbocycles. The minimum absolute atomic E-state index is 0.0165. The fourth-order valence-electron chi connectivity index (χ4n) is 9.21. The average molecular weight is 1070 g/mol. The normalized spacial score (nSPS) is 16.4. The molecule has 26 heteroatoms. The molecule has 8 heterocycles. The van der Waals surface area contributed by atoms with Gasteiger partial charge in [0.2, 0.25) is 31.8 Å². The number of rotatable bonds is 20. The van der Waals surface area contributed by atoms with Crippen LogP contribution in [-0.2, 0) is 56.5 Å². The van der Waals surface area contributed by atoms with Crippen molar-refractivity contribution in [3.8, 4) is 34.5 Å². The molecule has 24 nitrogen and oxygen atoms in total. The van der Waals surface area contributed by atoms with Gasteiger partial charge in [0.1, 0.15) is 44.7 Å². The number of nitrogens with one attached hydrogen (secondary N) is 2. The summed E-state index contributed by atoms with van der Waals surface area (Å²) in [7, 11) is -0.998. The average Bonchev–Trinajstić information content (AvgIpc) is 3.89. The standard InChI is InChI=1S/2C24H35N7O5S/c2*1-6-8-30-9-11-31(12-10-30)37(33,34)17-13-18(24(25-14-17)36-16(3)15-35-5)22-26-20-19(7-2)29(4)28-21(20)23(32)27-22/h2*13-14,16H,6-12,15H2,1-5H3,(H,26,27,32). The van der Waals surface area contributed by atoms with Gasteiger partial charge in [-0.05, 0) is 64.8 Å². The Hall–Kier alpha value is -5.74. The molecular weight excluding hydrogens is 997 g/mol. The zero-order chi connectivity index (χ0) is 53.5. The van der Waals surface area contributed by atoms with Gasteiger partial charge in [0, 0.05) is 80.7 Å². The molecular formula is C48H70N14O10S2. The molecule has 2 unspecified atom stereocenters. The van der Waals surface area contributed by atoms with E-state index in [1.807, 2.05) is 27.7 Å². The summed E-state index contributed by atoms with van der Waals surface area (Å²) in [6.07, 6.45) is 5.14. The third-order valence-electron chi connectivity index (χ3n) is 12.9. The van der Waals surface area contributed by atoms with Crippen LogP contribution in [-0.4, -0.2) is 190 Å². The molecule has 0 amide bonds. The Morgan fingerprint density at radius 3 is 1.27 bits per heavy atom. The molecule has 0 bridgehead atoms. The van der Waals surface area contributed by atoms with E-state index < -0.39 is 31.2 Å². The summed E-state index contributed by atoms with van der Waals surface area (Å²) in [5, 5.41) is 8.58. The molecule has 6 aromatic rings. The Labute approximate surface area is 431 Å². The second kappa shape index (κ2) is 24.3. The van der Waals surface area contributed by atoms with Crippen LogP contribution in [0.4, 0.5) is 0 Å². The summed E-state index contributed by atoms with van der Waals surface area (Å²) in [6, 6.07) is 2.95.